The normalized spacial score (nSPS) is 29.9. The monoisotopic (exact) mass is 273 g/mol. The molecule has 3 atom stereocenters. The van der Waals surface area contributed by atoms with Gasteiger partial charge in [-0.15, -0.1) is 0 Å². The summed E-state index contributed by atoms with van der Waals surface area (Å²) in [7, 11) is 0. The van der Waals surface area contributed by atoms with Crippen LogP contribution in [0, 0.1) is 11.8 Å². The quantitative estimate of drug-likeness (QED) is 0.782. The van der Waals surface area contributed by atoms with E-state index in [2.05, 4.69) is 19.1 Å². The average Bonchev–Trinajstić information content (AvgIpc) is 3.11. The Morgan fingerprint density at radius 1 is 1.45 bits per heavy atom. The fraction of sp³-hybridized carbons (Fsp3) is 0.588. The second-order valence-corrected chi connectivity index (χ2v) is 6.22. The van der Waals surface area contributed by atoms with E-state index in [0.29, 0.717) is 18.3 Å². The molecule has 20 heavy (non-hydrogen) atoms. The van der Waals surface area contributed by atoms with Crippen molar-refractivity contribution in [2.24, 2.45) is 11.8 Å². The molecule has 0 bridgehead atoms. The molecule has 3 unspecified atom stereocenters. The first kappa shape index (κ1) is 13.5. The lowest BCUT2D eigenvalue weighted by atomic mass is 9.90. The number of likely N-dealkylation sites (tertiary alicyclic amines) is 1. The van der Waals surface area contributed by atoms with Gasteiger partial charge in [0, 0.05) is 13.0 Å². The van der Waals surface area contributed by atoms with E-state index in [0.717, 1.165) is 38.0 Å². The van der Waals surface area contributed by atoms with Gasteiger partial charge < -0.3 is 9.32 Å². The van der Waals surface area contributed by atoms with Gasteiger partial charge in [-0.05, 0) is 49.7 Å². The minimum Gasteiger partial charge on any atom is -0.467 e. The molecule has 3 nitrogen and oxygen atoms in total. The highest BCUT2D eigenvalue weighted by Crippen LogP contribution is 2.35. The van der Waals surface area contributed by atoms with Crippen LogP contribution >= 0.6 is 0 Å². The van der Waals surface area contributed by atoms with Crippen molar-refractivity contribution in [3.05, 3.63) is 36.3 Å². The fourth-order valence-corrected chi connectivity index (χ4v) is 3.40. The number of hydrogen-bond acceptors (Lipinski definition) is 2. The molecule has 3 rings (SSSR count). The number of hydrogen-bond donors (Lipinski definition) is 0. The Morgan fingerprint density at radius 3 is 3.05 bits per heavy atom. The summed E-state index contributed by atoms with van der Waals surface area (Å²) in [6.45, 7) is 3.12. The topological polar surface area (TPSA) is 33.5 Å². The van der Waals surface area contributed by atoms with Gasteiger partial charge in [-0.1, -0.05) is 19.1 Å². The van der Waals surface area contributed by atoms with Gasteiger partial charge in [0.2, 0.25) is 5.91 Å². The zero-order valence-corrected chi connectivity index (χ0v) is 12.1. The van der Waals surface area contributed by atoms with E-state index in [9.17, 15) is 4.79 Å². The van der Waals surface area contributed by atoms with Crippen molar-refractivity contribution in [2.75, 3.05) is 6.54 Å². The third-order valence-electron chi connectivity index (χ3n) is 4.61. The van der Waals surface area contributed by atoms with Crippen molar-refractivity contribution in [3.63, 3.8) is 0 Å². The molecule has 0 N–H and O–H groups in total. The summed E-state index contributed by atoms with van der Waals surface area (Å²) >= 11 is 0. The number of carbonyl (C=O) groups is 1. The van der Waals surface area contributed by atoms with E-state index in [4.69, 9.17) is 4.42 Å². The summed E-state index contributed by atoms with van der Waals surface area (Å²) in [5.41, 5.74) is 0. The number of carbonyl (C=O) groups excluding carboxylic acids is 1. The van der Waals surface area contributed by atoms with Gasteiger partial charge in [-0.2, -0.15) is 0 Å². The van der Waals surface area contributed by atoms with Crippen LogP contribution in [0.4, 0.5) is 0 Å². The van der Waals surface area contributed by atoms with Crippen molar-refractivity contribution in [1.82, 2.24) is 4.90 Å². The number of rotatable bonds is 3. The van der Waals surface area contributed by atoms with Crippen LogP contribution in [0.2, 0.25) is 0 Å². The van der Waals surface area contributed by atoms with Crippen LogP contribution < -0.4 is 0 Å². The summed E-state index contributed by atoms with van der Waals surface area (Å²) in [5.74, 6) is 2.32. The Morgan fingerprint density at radius 2 is 2.35 bits per heavy atom. The van der Waals surface area contributed by atoms with Gasteiger partial charge in [0.05, 0.1) is 12.3 Å². The highest BCUT2D eigenvalue weighted by atomic mass is 16.3. The van der Waals surface area contributed by atoms with E-state index in [1.54, 1.807) is 6.26 Å². The van der Waals surface area contributed by atoms with Crippen LogP contribution in [0.1, 0.15) is 50.8 Å². The molecule has 2 aliphatic rings. The van der Waals surface area contributed by atoms with Gasteiger partial charge in [0.1, 0.15) is 5.76 Å². The minimum atomic E-state index is 0.131. The molecule has 1 aliphatic carbocycles. The molecule has 3 heteroatoms. The highest BCUT2D eigenvalue weighted by molar-refractivity contribution is 5.77. The number of furan rings is 1. The van der Waals surface area contributed by atoms with Gasteiger partial charge in [0.15, 0.2) is 0 Å². The Hall–Kier alpha value is -1.51. The molecule has 1 aromatic rings. The number of amides is 1. The predicted octanol–water partition coefficient (Wildman–Crippen LogP) is 3.94. The minimum absolute atomic E-state index is 0.131. The van der Waals surface area contributed by atoms with E-state index < -0.39 is 0 Å². The number of piperidine rings is 1. The second-order valence-electron chi connectivity index (χ2n) is 6.22. The molecule has 1 amide bonds. The molecule has 1 aliphatic heterocycles. The first-order valence-electron chi connectivity index (χ1n) is 7.73. The van der Waals surface area contributed by atoms with Crippen molar-refractivity contribution in [2.45, 2.75) is 45.1 Å². The first-order chi connectivity index (χ1) is 9.74. The van der Waals surface area contributed by atoms with Crippen LogP contribution in [-0.4, -0.2) is 17.4 Å². The van der Waals surface area contributed by atoms with Crippen molar-refractivity contribution in [3.8, 4) is 0 Å². The predicted molar refractivity (Wildman–Crippen MR) is 78.0 cm³/mol. The summed E-state index contributed by atoms with van der Waals surface area (Å²) < 4.78 is 5.56. The molecule has 108 valence electrons. The Kier molecular flexibility index (Phi) is 3.95. The van der Waals surface area contributed by atoms with Crippen LogP contribution in [0.3, 0.4) is 0 Å². The maximum absolute atomic E-state index is 12.6. The molecular weight excluding hydrogens is 250 g/mol. The Balaban J connectivity index is 1.71. The van der Waals surface area contributed by atoms with Crippen LogP contribution in [0.25, 0.3) is 0 Å². The van der Waals surface area contributed by atoms with Gasteiger partial charge in [0.25, 0.3) is 0 Å². The molecule has 0 radical (unpaired) electrons. The standard InChI is InChI=1S/C17H23NO2/c1-13-8-9-18(15(11-13)16-7-4-10-20-16)17(19)12-14-5-2-3-6-14/h2,4-5,7,10,13-15H,3,6,8-9,11-12H2,1H3. The van der Waals surface area contributed by atoms with Gasteiger partial charge in [-0.25, -0.2) is 0 Å². The van der Waals surface area contributed by atoms with E-state index in [-0.39, 0.29) is 11.9 Å². The second kappa shape index (κ2) is 5.86. The molecule has 0 saturated carbocycles. The van der Waals surface area contributed by atoms with E-state index in [1.165, 1.54) is 0 Å². The summed E-state index contributed by atoms with van der Waals surface area (Å²) in [5, 5.41) is 0. The summed E-state index contributed by atoms with van der Waals surface area (Å²) in [6, 6.07) is 4.04. The molecule has 0 aromatic carbocycles. The lowest BCUT2D eigenvalue weighted by molar-refractivity contribution is -0.137. The van der Waals surface area contributed by atoms with Gasteiger partial charge in [-0.3, -0.25) is 4.79 Å². The summed E-state index contributed by atoms with van der Waals surface area (Å²) in [6.07, 6.45) is 11.1. The lowest BCUT2D eigenvalue weighted by Gasteiger charge is -2.38. The molecule has 1 aromatic heterocycles. The summed E-state index contributed by atoms with van der Waals surface area (Å²) in [4.78, 5) is 14.7. The largest absolute Gasteiger partial charge is 0.467 e. The Labute approximate surface area is 120 Å². The highest BCUT2D eigenvalue weighted by Gasteiger charge is 2.33. The van der Waals surface area contributed by atoms with Crippen LogP contribution in [0.15, 0.2) is 35.0 Å². The number of nitrogens with zero attached hydrogens (tertiary/aromatic N) is 1. The van der Waals surface area contributed by atoms with Crippen LogP contribution in [0.5, 0.6) is 0 Å². The Bertz CT molecular complexity index is 477. The maximum atomic E-state index is 12.6. The van der Waals surface area contributed by atoms with Crippen molar-refractivity contribution in [1.29, 1.82) is 0 Å². The maximum Gasteiger partial charge on any atom is 0.223 e. The zero-order valence-electron chi connectivity index (χ0n) is 12.1. The first-order valence-corrected chi connectivity index (χ1v) is 7.73. The third kappa shape index (κ3) is 2.82. The SMILES string of the molecule is CC1CCN(C(=O)CC2C=CCC2)C(c2ccco2)C1. The smallest absolute Gasteiger partial charge is 0.223 e. The van der Waals surface area contributed by atoms with Gasteiger partial charge >= 0.3 is 0 Å². The number of allylic oxidation sites excluding steroid dienone is 2. The molecule has 1 saturated heterocycles. The van der Waals surface area contributed by atoms with Crippen molar-refractivity contribution >= 4 is 5.91 Å². The molecule has 0 spiro atoms. The van der Waals surface area contributed by atoms with Crippen molar-refractivity contribution < 1.29 is 9.21 Å². The van der Waals surface area contributed by atoms with E-state index in [1.807, 2.05) is 17.0 Å². The molecule has 2 heterocycles. The average molecular weight is 273 g/mol. The lowest BCUT2D eigenvalue weighted by Crippen LogP contribution is -2.41. The van der Waals surface area contributed by atoms with E-state index >= 15 is 0 Å². The molecular formula is C17H23NO2. The van der Waals surface area contributed by atoms with Crippen LogP contribution in [-0.2, 0) is 4.79 Å². The fourth-order valence-electron chi connectivity index (χ4n) is 3.40. The third-order valence-corrected chi connectivity index (χ3v) is 4.61. The zero-order chi connectivity index (χ0) is 13.9. The molecule has 1 fully saturated rings.